The third-order valence-electron chi connectivity index (χ3n) is 5.69. The summed E-state index contributed by atoms with van der Waals surface area (Å²) in [4.78, 5) is 7.17. The van der Waals surface area contributed by atoms with Crippen molar-refractivity contribution in [3.63, 3.8) is 0 Å². The molecular formula is C22H36IN3O2. The van der Waals surface area contributed by atoms with Crippen molar-refractivity contribution >= 4 is 29.9 Å². The molecule has 0 unspecified atom stereocenters. The molecule has 0 atom stereocenters. The van der Waals surface area contributed by atoms with E-state index in [9.17, 15) is 5.11 Å². The number of phenols is 1. The number of benzene rings is 1. The maximum Gasteiger partial charge on any atom is 0.193 e. The van der Waals surface area contributed by atoms with Gasteiger partial charge in [-0.1, -0.05) is 25.0 Å². The molecule has 0 aromatic heterocycles. The van der Waals surface area contributed by atoms with Gasteiger partial charge in [0.25, 0.3) is 0 Å². The maximum absolute atomic E-state index is 9.58. The minimum atomic E-state index is 0. The minimum absolute atomic E-state index is 0. The fraction of sp³-hybridized carbons (Fsp3) is 0.682. The van der Waals surface area contributed by atoms with Crippen molar-refractivity contribution in [1.29, 1.82) is 0 Å². The lowest BCUT2D eigenvalue weighted by atomic mass is 10.1. The van der Waals surface area contributed by atoms with E-state index in [4.69, 9.17) is 9.73 Å². The second kappa shape index (κ2) is 12.5. The molecule has 0 bridgehead atoms. The van der Waals surface area contributed by atoms with Crippen molar-refractivity contribution in [3.8, 4) is 5.75 Å². The van der Waals surface area contributed by atoms with Crippen molar-refractivity contribution in [3.05, 3.63) is 29.8 Å². The van der Waals surface area contributed by atoms with Crippen LogP contribution in [0.5, 0.6) is 5.75 Å². The molecule has 158 valence electrons. The van der Waals surface area contributed by atoms with Gasteiger partial charge >= 0.3 is 0 Å². The Balaban J connectivity index is 0.00000280. The van der Waals surface area contributed by atoms with Crippen molar-refractivity contribution < 1.29 is 9.84 Å². The first-order valence-corrected chi connectivity index (χ1v) is 10.7. The zero-order chi connectivity index (χ0) is 18.9. The highest BCUT2D eigenvalue weighted by Crippen LogP contribution is 2.26. The largest absolute Gasteiger partial charge is 0.508 e. The summed E-state index contributed by atoms with van der Waals surface area (Å²) in [7, 11) is 0. The number of aromatic hydroxyl groups is 1. The Labute approximate surface area is 187 Å². The van der Waals surface area contributed by atoms with Gasteiger partial charge in [-0.05, 0) is 62.6 Å². The third-order valence-corrected chi connectivity index (χ3v) is 5.69. The molecule has 6 heteroatoms. The van der Waals surface area contributed by atoms with Gasteiger partial charge in [-0.2, -0.15) is 0 Å². The van der Waals surface area contributed by atoms with Gasteiger partial charge in [0, 0.05) is 32.8 Å². The molecule has 1 aromatic rings. The summed E-state index contributed by atoms with van der Waals surface area (Å²) in [6.45, 7) is 6.69. The molecule has 1 aliphatic heterocycles. The van der Waals surface area contributed by atoms with Gasteiger partial charge in [0.15, 0.2) is 5.96 Å². The quantitative estimate of drug-likeness (QED) is 0.334. The lowest BCUT2D eigenvalue weighted by Crippen LogP contribution is -2.47. The van der Waals surface area contributed by atoms with Gasteiger partial charge in [0.1, 0.15) is 5.75 Å². The third kappa shape index (κ3) is 7.43. The SMILES string of the molecule is CCNC(=NCCc1cccc(O)c1)N1CCC(OCC2CCCC2)CC1.I. The Bertz CT molecular complexity index is 597. The smallest absolute Gasteiger partial charge is 0.193 e. The van der Waals surface area contributed by atoms with Crippen molar-refractivity contribution in [2.24, 2.45) is 10.9 Å². The van der Waals surface area contributed by atoms with E-state index in [0.29, 0.717) is 11.9 Å². The van der Waals surface area contributed by atoms with Crippen LogP contribution in [0.3, 0.4) is 0 Å². The molecule has 1 saturated carbocycles. The van der Waals surface area contributed by atoms with Crippen LogP contribution in [0.1, 0.15) is 51.0 Å². The predicted molar refractivity (Wildman–Crippen MR) is 126 cm³/mol. The van der Waals surface area contributed by atoms with Gasteiger partial charge in [0.05, 0.1) is 6.10 Å². The molecule has 2 N–H and O–H groups in total. The fourth-order valence-corrected chi connectivity index (χ4v) is 4.11. The predicted octanol–water partition coefficient (Wildman–Crippen LogP) is 4.19. The Morgan fingerprint density at radius 3 is 2.64 bits per heavy atom. The van der Waals surface area contributed by atoms with Crippen LogP contribution in [-0.2, 0) is 11.2 Å². The molecule has 5 nitrogen and oxygen atoms in total. The molecule has 28 heavy (non-hydrogen) atoms. The lowest BCUT2D eigenvalue weighted by Gasteiger charge is -2.34. The van der Waals surface area contributed by atoms with E-state index < -0.39 is 0 Å². The molecule has 0 radical (unpaired) electrons. The first-order chi connectivity index (χ1) is 13.2. The molecule has 1 saturated heterocycles. The molecule has 2 aliphatic rings. The van der Waals surface area contributed by atoms with Crippen LogP contribution in [0.2, 0.25) is 0 Å². The number of nitrogens with one attached hydrogen (secondary N) is 1. The van der Waals surface area contributed by atoms with Crippen LogP contribution in [0.15, 0.2) is 29.3 Å². The highest BCUT2D eigenvalue weighted by molar-refractivity contribution is 14.0. The van der Waals surface area contributed by atoms with Crippen LogP contribution >= 0.6 is 24.0 Å². The monoisotopic (exact) mass is 501 g/mol. The minimum Gasteiger partial charge on any atom is -0.508 e. The number of phenolic OH excluding ortho intramolecular Hbond substituents is 1. The molecule has 1 aromatic carbocycles. The number of aliphatic imine (C=N–C) groups is 1. The summed E-state index contributed by atoms with van der Waals surface area (Å²) in [5, 5.41) is 13.0. The number of guanidine groups is 1. The highest BCUT2D eigenvalue weighted by atomic mass is 127. The average Bonchev–Trinajstić information content (AvgIpc) is 3.20. The summed E-state index contributed by atoms with van der Waals surface area (Å²) >= 11 is 0. The van der Waals surface area contributed by atoms with E-state index in [1.54, 1.807) is 6.07 Å². The van der Waals surface area contributed by atoms with E-state index in [-0.39, 0.29) is 24.0 Å². The van der Waals surface area contributed by atoms with Gasteiger partial charge in [-0.25, -0.2) is 0 Å². The second-order valence-electron chi connectivity index (χ2n) is 7.83. The Hall–Kier alpha value is -1.02. The Morgan fingerprint density at radius 1 is 1.21 bits per heavy atom. The van der Waals surface area contributed by atoms with Gasteiger partial charge in [-0.15, -0.1) is 24.0 Å². The number of hydrogen-bond donors (Lipinski definition) is 2. The first-order valence-electron chi connectivity index (χ1n) is 10.7. The summed E-state index contributed by atoms with van der Waals surface area (Å²) in [6, 6.07) is 7.44. The first kappa shape index (κ1) is 23.3. The van der Waals surface area contributed by atoms with Crippen LogP contribution in [-0.4, -0.2) is 54.9 Å². The summed E-state index contributed by atoms with van der Waals surface area (Å²) < 4.78 is 6.19. The molecule has 0 amide bonds. The molecule has 2 fully saturated rings. The molecule has 3 rings (SSSR count). The van der Waals surface area contributed by atoms with Crippen LogP contribution in [0, 0.1) is 5.92 Å². The lowest BCUT2D eigenvalue weighted by molar-refractivity contribution is 0.00102. The summed E-state index contributed by atoms with van der Waals surface area (Å²) in [6.07, 6.45) is 8.91. The number of piperidine rings is 1. The normalized spacial score (nSPS) is 18.9. The average molecular weight is 501 g/mol. The zero-order valence-corrected chi connectivity index (χ0v) is 19.4. The standard InChI is InChI=1S/C22H35N3O2.HI/c1-2-23-22(24-13-10-18-8-5-9-20(26)16-18)25-14-11-21(12-15-25)27-17-19-6-3-4-7-19;/h5,8-9,16,19,21,26H,2-4,6-7,10-15,17H2,1H3,(H,23,24);1H. The Morgan fingerprint density at radius 2 is 1.96 bits per heavy atom. The van der Waals surface area contributed by atoms with E-state index in [0.717, 1.165) is 69.5 Å². The van der Waals surface area contributed by atoms with E-state index in [1.165, 1.54) is 25.7 Å². The van der Waals surface area contributed by atoms with Crippen molar-refractivity contribution in [2.45, 2.75) is 58.0 Å². The van der Waals surface area contributed by atoms with Crippen LogP contribution in [0.4, 0.5) is 0 Å². The van der Waals surface area contributed by atoms with Crippen LogP contribution in [0.25, 0.3) is 0 Å². The zero-order valence-electron chi connectivity index (χ0n) is 17.1. The van der Waals surface area contributed by atoms with E-state index in [2.05, 4.69) is 17.1 Å². The Kier molecular flexibility index (Phi) is 10.4. The molecular weight excluding hydrogens is 465 g/mol. The van der Waals surface area contributed by atoms with E-state index >= 15 is 0 Å². The summed E-state index contributed by atoms with van der Waals surface area (Å²) in [5.41, 5.74) is 1.12. The number of rotatable bonds is 7. The summed E-state index contributed by atoms with van der Waals surface area (Å²) in [5.74, 6) is 2.13. The van der Waals surface area contributed by atoms with Gasteiger partial charge in [0.2, 0.25) is 0 Å². The second-order valence-corrected chi connectivity index (χ2v) is 7.83. The van der Waals surface area contributed by atoms with Gasteiger partial charge in [-0.3, -0.25) is 4.99 Å². The fourth-order valence-electron chi connectivity index (χ4n) is 4.11. The number of nitrogens with zero attached hydrogens (tertiary/aromatic N) is 2. The maximum atomic E-state index is 9.58. The number of halogens is 1. The topological polar surface area (TPSA) is 57.1 Å². The van der Waals surface area contributed by atoms with Crippen LogP contribution < -0.4 is 5.32 Å². The van der Waals surface area contributed by atoms with Crippen molar-refractivity contribution in [2.75, 3.05) is 32.8 Å². The molecule has 1 heterocycles. The molecule has 0 spiro atoms. The number of likely N-dealkylation sites (tertiary alicyclic amines) is 1. The number of hydrogen-bond acceptors (Lipinski definition) is 3. The van der Waals surface area contributed by atoms with Gasteiger partial charge < -0.3 is 20.1 Å². The van der Waals surface area contributed by atoms with Crippen molar-refractivity contribution in [1.82, 2.24) is 10.2 Å². The number of ether oxygens (including phenoxy) is 1. The van der Waals surface area contributed by atoms with E-state index in [1.807, 2.05) is 18.2 Å². The highest BCUT2D eigenvalue weighted by Gasteiger charge is 2.23. The molecule has 1 aliphatic carbocycles.